The van der Waals surface area contributed by atoms with Gasteiger partial charge < -0.3 is 5.32 Å². The molecule has 0 bridgehead atoms. The molecule has 2 N–H and O–H groups in total. The molecule has 3 aromatic rings. The summed E-state index contributed by atoms with van der Waals surface area (Å²) >= 11 is 0. The molecule has 0 fully saturated rings. The van der Waals surface area contributed by atoms with E-state index in [0.29, 0.717) is 17.8 Å². The van der Waals surface area contributed by atoms with Crippen molar-refractivity contribution in [3.05, 3.63) is 89.5 Å². The summed E-state index contributed by atoms with van der Waals surface area (Å²) in [6.45, 7) is 1.87. The lowest BCUT2D eigenvalue weighted by atomic mass is 10.1. The summed E-state index contributed by atoms with van der Waals surface area (Å²) in [7, 11) is -3.83. The lowest BCUT2D eigenvalue weighted by molar-refractivity contribution is 0.102. The van der Waals surface area contributed by atoms with Gasteiger partial charge >= 0.3 is 0 Å². The number of amides is 1. The quantitative estimate of drug-likeness (QED) is 0.644. The van der Waals surface area contributed by atoms with E-state index in [1.807, 2.05) is 13.0 Å². The van der Waals surface area contributed by atoms with E-state index in [9.17, 15) is 13.2 Å². The minimum absolute atomic E-state index is 0.00368. The van der Waals surface area contributed by atoms with Crippen molar-refractivity contribution < 1.29 is 13.2 Å². The molecule has 0 aliphatic heterocycles. The first-order valence-electron chi connectivity index (χ1n) is 8.84. The van der Waals surface area contributed by atoms with Crippen LogP contribution in [0.4, 0.5) is 11.4 Å². The highest BCUT2D eigenvalue weighted by Crippen LogP contribution is 2.19. The van der Waals surface area contributed by atoms with E-state index in [1.54, 1.807) is 48.5 Å². The molecule has 0 saturated heterocycles. The summed E-state index contributed by atoms with van der Waals surface area (Å²) in [5.41, 5.74) is 3.01. The van der Waals surface area contributed by atoms with Crippen LogP contribution < -0.4 is 10.0 Å². The number of hydrogen-bond acceptors (Lipinski definition) is 4. The number of nitrogens with zero attached hydrogens (tertiary/aromatic N) is 1. The van der Waals surface area contributed by atoms with E-state index in [1.165, 1.54) is 18.2 Å². The fourth-order valence-corrected chi connectivity index (χ4v) is 3.82. The number of aryl methyl sites for hydroxylation is 1. The maximum Gasteiger partial charge on any atom is 0.261 e. The van der Waals surface area contributed by atoms with Gasteiger partial charge in [0, 0.05) is 16.9 Å². The Morgan fingerprint density at radius 1 is 0.966 bits per heavy atom. The third-order valence-electron chi connectivity index (χ3n) is 4.17. The SMILES string of the molecule is Cc1cccc(NS(=O)(=O)c2cccc(C(=O)Nc3ccc(CC#N)cc3)c2)c1. The smallest absolute Gasteiger partial charge is 0.261 e. The Hall–Kier alpha value is -3.63. The molecule has 29 heavy (non-hydrogen) atoms. The first-order valence-corrected chi connectivity index (χ1v) is 10.3. The predicted molar refractivity (Wildman–Crippen MR) is 112 cm³/mol. The third-order valence-corrected chi connectivity index (χ3v) is 5.55. The largest absolute Gasteiger partial charge is 0.322 e. The van der Waals surface area contributed by atoms with Crippen LogP contribution in [0.1, 0.15) is 21.5 Å². The number of carbonyl (C=O) groups excluding carboxylic acids is 1. The summed E-state index contributed by atoms with van der Waals surface area (Å²) in [5.74, 6) is -0.425. The molecule has 0 atom stereocenters. The van der Waals surface area contributed by atoms with Crippen molar-refractivity contribution in [1.29, 1.82) is 5.26 Å². The standard InChI is InChI=1S/C22H19N3O3S/c1-16-4-2-6-20(14-16)25-29(27,28)21-7-3-5-18(15-21)22(26)24-19-10-8-17(9-11-19)12-13-23/h2-11,14-15,25H,12H2,1H3,(H,24,26). The molecule has 0 unspecified atom stereocenters. The topological polar surface area (TPSA) is 99.1 Å². The van der Waals surface area contributed by atoms with Gasteiger partial charge in [-0.1, -0.05) is 30.3 Å². The van der Waals surface area contributed by atoms with E-state index < -0.39 is 15.9 Å². The highest BCUT2D eigenvalue weighted by Gasteiger charge is 2.17. The Morgan fingerprint density at radius 2 is 1.69 bits per heavy atom. The van der Waals surface area contributed by atoms with Crippen LogP contribution in [0.5, 0.6) is 0 Å². The summed E-state index contributed by atoms with van der Waals surface area (Å²) in [5, 5.41) is 11.4. The van der Waals surface area contributed by atoms with E-state index in [0.717, 1.165) is 11.1 Å². The zero-order chi connectivity index (χ0) is 20.9. The number of rotatable bonds is 6. The molecule has 3 rings (SSSR count). The van der Waals surface area contributed by atoms with Crippen molar-refractivity contribution in [1.82, 2.24) is 0 Å². The van der Waals surface area contributed by atoms with E-state index in [4.69, 9.17) is 5.26 Å². The fourth-order valence-electron chi connectivity index (χ4n) is 2.73. The monoisotopic (exact) mass is 405 g/mol. The van der Waals surface area contributed by atoms with Crippen molar-refractivity contribution >= 4 is 27.3 Å². The van der Waals surface area contributed by atoms with Crippen LogP contribution in [-0.4, -0.2) is 14.3 Å². The Kier molecular flexibility index (Phi) is 5.96. The van der Waals surface area contributed by atoms with Crippen molar-refractivity contribution in [2.45, 2.75) is 18.2 Å². The number of anilines is 2. The minimum Gasteiger partial charge on any atom is -0.322 e. The van der Waals surface area contributed by atoms with Gasteiger partial charge in [0.05, 0.1) is 17.4 Å². The second kappa shape index (κ2) is 8.59. The molecule has 7 heteroatoms. The minimum atomic E-state index is -3.83. The van der Waals surface area contributed by atoms with Crippen molar-refractivity contribution in [3.63, 3.8) is 0 Å². The molecular formula is C22H19N3O3S. The average molecular weight is 405 g/mol. The van der Waals surface area contributed by atoms with Crippen LogP contribution in [0, 0.1) is 18.3 Å². The van der Waals surface area contributed by atoms with Crippen molar-refractivity contribution in [3.8, 4) is 6.07 Å². The van der Waals surface area contributed by atoms with Gasteiger partial charge in [-0.3, -0.25) is 9.52 Å². The van der Waals surface area contributed by atoms with E-state index in [2.05, 4.69) is 16.1 Å². The molecule has 146 valence electrons. The van der Waals surface area contributed by atoms with Crippen LogP contribution in [0.3, 0.4) is 0 Å². The predicted octanol–water partition coefficient (Wildman–Crippen LogP) is 4.11. The maximum atomic E-state index is 12.7. The first kappa shape index (κ1) is 20.1. The summed E-state index contributed by atoms with van der Waals surface area (Å²) in [4.78, 5) is 12.5. The van der Waals surface area contributed by atoms with Crippen molar-refractivity contribution in [2.75, 3.05) is 10.0 Å². The maximum absolute atomic E-state index is 12.7. The van der Waals surface area contributed by atoms with Crippen LogP contribution in [0.2, 0.25) is 0 Å². The Labute approximate surface area is 169 Å². The van der Waals surface area contributed by atoms with Gasteiger partial charge in [0.2, 0.25) is 0 Å². The normalized spacial score (nSPS) is 10.8. The highest BCUT2D eigenvalue weighted by molar-refractivity contribution is 7.92. The molecule has 6 nitrogen and oxygen atoms in total. The third kappa shape index (κ3) is 5.21. The van der Waals surface area contributed by atoms with E-state index in [-0.39, 0.29) is 10.5 Å². The van der Waals surface area contributed by atoms with Crippen LogP contribution in [-0.2, 0) is 16.4 Å². The number of sulfonamides is 1. The first-order chi connectivity index (χ1) is 13.9. The number of nitrogens with one attached hydrogen (secondary N) is 2. The molecule has 0 aromatic heterocycles. The summed E-state index contributed by atoms with van der Waals surface area (Å²) < 4.78 is 27.9. The fraction of sp³-hybridized carbons (Fsp3) is 0.0909. The zero-order valence-corrected chi connectivity index (χ0v) is 16.5. The van der Waals surface area contributed by atoms with Gasteiger partial charge in [-0.2, -0.15) is 5.26 Å². The number of hydrogen-bond donors (Lipinski definition) is 2. The van der Waals surface area contributed by atoms with Gasteiger partial charge in [0.1, 0.15) is 0 Å². The lowest BCUT2D eigenvalue weighted by Crippen LogP contribution is -2.16. The molecule has 1 amide bonds. The molecule has 3 aromatic carbocycles. The lowest BCUT2D eigenvalue weighted by Gasteiger charge is -2.10. The van der Waals surface area contributed by atoms with Gasteiger partial charge in [-0.25, -0.2) is 8.42 Å². The van der Waals surface area contributed by atoms with Crippen LogP contribution in [0.25, 0.3) is 0 Å². The summed E-state index contributed by atoms with van der Waals surface area (Å²) in [6, 6.07) is 21.8. The van der Waals surface area contributed by atoms with E-state index >= 15 is 0 Å². The molecule has 0 aliphatic rings. The number of benzene rings is 3. The second-order valence-electron chi connectivity index (χ2n) is 6.49. The molecular weight excluding hydrogens is 386 g/mol. The Bertz CT molecular complexity index is 1180. The molecule has 0 heterocycles. The Morgan fingerprint density at radius 3 is 2.38 bits per heavy atom. The van der Waals surface area contributed by atoms with Gasteiger partial charge in [0.15, 0.2) is 0 Å². The summed E-state index contributed by atoms with van der Waals surface area (Å²) in [6.07, 6.45) is 0.294. The van der Waals surface area contributed by atoms with Crippen LogP contribution in [0.15, 0.2) is 77.7 Å². The molecule has 0 radical (unpaired) electrons. The molecule has 0 spiro atoms. The number of carbonyl (C=O) groups is 1. The zero-order valence-electron chi connectivity index (χ0n) is 15.7. The molecule has 0 aliphatic carbocycles. The van der Waals surface area contributed by atoms with Gasteiger partial charge in [0.25, 0.3) is 15.9 Å². The second-order valence-corrected chi connectivity index (χ2v) is 8.17. The molecule has 0 saturated carbocycles. The average Bonchev–Trinajstić information content (AvgIpc) is 2.69. The number of nitriles is 1. The van der Waals surface area contributed by atoms with Gasteiger partial charge in [-0.05, 0) is 60.5 Å². The Balaban J connectivity index is 1.77. The van der Waals surface area contributed by atoms with Gasteiger partial charge in [-0.15, -0.1) is 0 Å². The van der Waals surface area contributed by atoms with Crippen molar-refractivity contribution in [2.24, 2.45) is 0 Å². The highest BCUT2D eigenvalue weighted by atomic mass is 32.2. The van der Waals surface area contributed by atoms with Crippen LogP contribution >= 0.6 is 0 Å².